The van der Waals surface area contributed by atoms with Crippen molar-refractivity contribution in [3.63, 3.8) is 0 Å². The van der Waals surface area contributed by atoms with Crippen LogP contribution in [0.15, 0.2) is 30.3 Å². The molecule has 112 valence electrons. The molecular weight excluding hydrogens is 246 g/mol. The Hall–Kier alpha value is -0.860. The zero-order valence-electron chi connectivity index (χ0n) is 13.2. The quantitative estimate of drug-likeness (QED) is 0.883. The van der Waals surface area contributed by atoms with Crippen molar-refractivity contribution in [3.8, 4) is 0 Å². The van der Waals surface area contributed by atoms with E-state index < -0.39 is 0 Å². The Morgan fingerprint density at radius 1 is 1.10 bits per heavy atom. The van der Waals surface area contributed by atoms with E-state index in [-0.39, 0.29) is 11.6 Å². The Morgan fingerprint density at radius 3 is 2.25 bits per heavy atom. The van der Waals surface area contributed by atoms with E-state index in [0.29, 0.717) is 5.41 Å². The molecule has 2 heteroatoms. The van der Waals surface area contributed by atoms with Crippen molar-refractivity contribution in [3.05, 3.63) is 35.9 Å². The fraction of sp³-hybridized carbons (Fsp3) is 0.667. The zero-order valence-corrected chi connectivity index (χ0v) is 13.2. The highest BCUT2D eigenvalue weighted by atomic mass is 16.5. The minimum absolute atomic E-state index is 0.107. The normalized spacial score (nSPS) is 22.4. The Balaban J connectivity index is 1.94. The third kappa shape index (κ3) is 3.62. The maximum Gasteiger partial charge on any atom is 0.0829 e. The lowest BCUT2D eigenvalue weighted by Crippen LogP contribution is -2.52. The third-order valence-corrected chi connectivity index (χ3v) is 5.12. The molecular formula is C18H29NO. The van der Waals surface area contributed by atoms with Gasteiger partial charge in [0.15, 0.2) is 0 Å². The minimum Gasteiger partial charge on any atom is -0.377 e. The summed E-state index contributed by atoms with van der Waals surface area (Å²) in [6, 6.07) is 10.7. The highest BCUT2D eigenvalue weighted by molar-refractivity contribution is 5.15. The van der Waals surface area contributed by atoms with Crippen LogP contribution >= 0.6 is 0 Å². The molecule has 0 bridgehead atoms. The average molecular weight is 275 g/mol. The second-order valence-corrected chi connectivity index (χ2v) is 7.06. The Labute approximate surface area is 123 Å². The first-order chi connectivity index (χ1) is 9.47. The summed E-state index contributed by atoms with van der Waals surface area (Å²) in [5.41, 5.74) is 8.21. The van der Waals surface area contributed by atoms with Crippen LogP contribution < -0.4 is 5.73 Å². The molecule has 1 aromatic carbocycles. The van der Waals surface area contributed by atoms with Crippen LogP contribution in [0.4, 0.5) is 0 Å². The van der Waals surface area contributed by atoms with Crippen molar-refractivity contribution in [2.24, 2.45) is 11.1 Å². The van der Waals surface area contributed by atoms with Crippen molar-refractivity contribution >= 4 is 0 Å². The second-order valence-electron chi connectivity index (χ2n) is 7.06. The van der Waals surface area contributed by atoms with Gasteiger partial charge in [-0.25, -0.2) is 0 Å². The number of nitrogens with two attached hydrogens (primary N) is 1. The number of hydrogen-bond donors (Lipinski definition) is 1. The van der Waals surface area contributed by atoms with E-state index in [4.69, 9.17) is 10.5 Å². The van der Waals surface area contributed by atoms with Crippen molar-refractivity contribution in [1.82, 2.24) is 0 Å². The topological polar surface area (TPSA) is 35.2 Å². The van der Waals surface area contributed by atoms with Crippen LogP contribution in [-0.2, 0) is 11.2 Å². The van der Waals surface area contributed by atoms with E-state index in [9.17, 15) is 0 Å². The van der Waals surface area contributed by atoms with Crippen LogP contribution in [0.5, 0.6) is 0 Å². The van der Waals surface area contributed by atoms with Gasteiger partial charge < -0.3 is 10.5 Å². The van der Waals surface area contributed by atoms with E-state index in [1.165, 1.54) is 18.4 Å². The lowest BCUT2D eigenvalue weighted by molar-refractivity contribution is -0.0796. The summed E-state index contributed by atoms with van der Waals surface area (Å²) < 4.78 is 5.90. The molecule has 0 spiro atoms. The molecule has 0 saturated heterocycles. The molecule has 1 aromatic rings. The highest BCUT2D eigenvalue weighted by Crippen LogP contribution is 2.43. The van der Waals surface area contributed by atoms with Gasteiger partial charge in [-0.1, -0.05) is 44.2 Å². The predicted octanol–water partition coefficient (Wildman–Crippen LogP) is 3.93. The smallest absolute Gasteiger partial charge is 0.0829 e. The number of benzene rings is 1. The fourth-order valence-corrected chi connectivity index (χ4v) is 3.31. The number of hydrogen-bond acceptors (Lipinski definition) is 2. The zero-order chi connectivity index (χ0) is 14.6. The largest absolute Gasteiger partial charge is 0.377 e. The van der Waals surface area contributed by atoms with Crippen LogP contribution in [0.25, 0.3) is 0 Å². The third-order valence-electron chi connectivity index (χ3n) is 5.12. The summed E-state index contributed by atoms with van der Waals surface area (Å²) in [5.74, 6) is 0. The average Bonchev–Trinajstić information content (AvgIpc) is 2.46. The number of methoxy groups -OCH3 is 1. The van der Waals surface area contributed by atoms with Crippen LogP contribution in [0.2, 0.25) is 0 Å². The van der Waals surface area contributed by atoms with Crippen molar-refractivity contribution in [1.29, 1.82) is 0 Å². The van der Waals surface area contributed by atoms with Gasteiger partial charge in [-0.05, 0) is 49.5 Å². The van der Waals surface area contributed by atoms with E-state index in [1.807, 2.05) is 7.11 Å². The number of rotatable bonds is 5. The molecule has 0 amide bonds. The van der Waals surface area contributed by atoms with Crippen LogP contribution in [0.1, 0.15) is 51.5 Å². The van der Waals surface area contributed by atoms with Gasteiger partial charge in [-0.15, -0.1) is 0 Å². The molecule has 1 saturated carbocycles. The standard InChI is InChI=1S/C18H29NO/c1-17(2)11-13-18(20-3,14-12-17)16(19)10-9-15-7-5-4-6-8-15/h4-8,16H,9-14,19H2,1-3H3. The molecule has 1 unspecified atom stereocenters. The monoisotopic (exact) mass is 275 g/mol. The molecule has 1 aliphatic rings. The molecule has 0 heterocycles. The summed E-state index contributed by atoms with van der Waals surface area (Å²) in [6.07, 6.45) is 6.63. The molecule has 1 aliphatic carbocycles. The lowest BCUT2D eigenvalue weighted by atomic mass is 9.68. The summed E-state index contributed by atoms with van der Waals surface area (Å²) >= 11 is 0. The van der Waals surface area contributed by atoms with Gasteiger partial charge in [0.1, 0.15) is 0 Å². The molecule has 1 fully saturated rings. The lowest BCUT2D eigenvalue weighted by Gasteiger charge is -2.46. The summed E-state index contributed by atoms with van der Waals surface area (Å²) in [5, 5.41) is 0. The molecule has 0 aromatic heterocycles. The first kappa shape index (κ1) is 15.5. The Kier molecular flexibility index (Phi) is 4.87. The van der Waals surface area contributed by atoms with Gasteiger partial charge in [0, 0.05) is 13.2 Å². The van der Waals surface area contributed by atoms with Gasteiger partial charge in [-0.2, -0.15) is 0 Å². The van der Waals surface area contributed by atoms with Crippen molar-refractivity contribution in [2.45, 2.75) is 64.0 Å². The van der Waals surface area contributed by atoms with Crippen molar-refractivity contribution in [2.75, 3.05) is 7.11 Å². The summed E-state index contributed by atoms with van der Waals surface area (Å²) in [4.78, 5) is 0. The molecule has 0 radical (unpaired) electrons. The van der Waals surface area contributed by atoms with Crippen LogP contribution in [0, 0.1) is 5.41 Å². The molecule has 2 N–H and O–H groups in total. The van der Waals surface area contributed by atoms with Crippen LogP contribution in [-0.4, -0.2) is 18.8 Å². The van der Waals surface area contributed by atoms with E-state index in [2.05, 4.69) is 44.2 Å². The number of ether oxygens (including phenoxy) is 1. The molecule has 2 rings (SSSR count). The van der Waals surface area contributed by atoms with E-state index >= 15 is 0 Å². The molecule has 20 heavy (non-hydrogen) atoms. The van der Waals surface area contributed by atoms with Gasteiger partial charge in [0.25, 0.3) is 0 Å². The van der Waals surface area contributed by atoms with Gasteiger partial charge >= 0.3 is 0 Å². The van der Waals surface area contributed by atoms with E-state index in [1.54, 1.807) is 0 Å². The summed E-state index contributed by atoms with van der Waals surface area (Å²) in [6.45, 7) is 4.70. The van der Waals surface area contributed by atoms with Gasteiger partial charge in [-0.3, -0.25) is 0 Å². The maximum absolute atomic E-state index is 6.51. The fourth-order valence-electron chi connectivity index (χ4n) is 3.31. The van der Waals surface area contributed by atoms with E-state index in [0.717, 1.165) is 25.7 Å². The molecule has 0 aliphatic heterocycles. The first-order valence-electron chi connectivity index (χ1n) is 7.82. The SMILES string of the molecule is COC1(C(N)CCc2ccccc2)CCC(C)(C)CC1. The molecule has 2 nitrogen and oxygen atoms in total. The predicted molar refractivity (Wildman–Crippen MR) is 84.7 cm³/mol. The molecule has 1 atom stereocenters. The van der Waals surface area contributed by atoms with Gasteiger partial charge in [0.2, 0.25) is 0 Å². The maximum atomic E-state index is 6.51. The Morgan fingerprint density at radius 2 is 1.70 bits per heavy atom. The first-order valence-corrected chi connectivity index (χ1v) is 7.82. The second kappa shape index (κ2) is 6.28. The Bertz CT molecular complexity index is 403. The summed E-state index contributed by atoms with van der Waals surface area (Å²) in [7, 11) is 1.83. The van der Waals surface area contributed by atoms with Crippen LogP contribution in [0.3, 0.4) is 0 Å². The minimum atomic E-state index is -0.107. The number of aryl methyl sites for hydroxylation is 1. The van der Waals surface area contributed by atoms with Gasteiger partial charge in [0.05, 0.1) is 5.60 Å². The van der Waals surface area contributed by atoms with Crippen molar-refractivity contribution < 1.29 is 4.74 Å². The highest BCUT2D eigenvalue weighted by Gasteiger charge is 2.42.